The van der Waals surface area contributed by atoms with E-state index in [9.17, 15) is 9.59 Å². The highest BCUT2D eigenvalue weighted by molar-refractivity contribution is 5.93. The van der Waals surface area contributed by atoms with Crippen LogP contribution in [0.4, 0.5) is 0 Å². The van der Waals surface area contributed by atoms with Crippen molar-refractivity contribution >= 4 is 11.9 Å². The molecule has 0 saturated carbocycles. The average molecular weight is 592 g/mol. The van der Waals surface area contributed by atoms with Gasteiger partial charge in [-0.3, -0.25) is 4.79 Å². The molecule has 0 aromatic heterocycles. The second-order valence-electron chi connectivity index (χ2n) is 12.9. The summed E-state index contributed by atoms with van der Waals surface area (Å²) in [5.74, 6) is -1.20. The van der Waals surface area contributed by atoms with Crippen molar-refractivity contribution < 1.29 is 14.7 Å². The Balaban J connectivity index is 3.80. The Hall–Kier alpha value is -1.32. The van der Waals surface area contributed by atoms with Gasteiger partial charge in [0, 0.05) is 25.2 Å². The summed E-state index contributed by atoms with van der Waals surface area (Å²) in [6.07, 6.45) is 42.2. The number of carboxylic acid groups (broad SMARTS) is 1. The molecule has 0 rings (SSSR count). The fourth-order valence-electron chi connectivity index (χ4n) is 5.93. The summed E-state index contributed by atoms with van der Waals surface area (Å²) in [6, 6.07) is 0. The molecule has 0 atom stereocenters. The van der Waals surface area contributed by atoms with Gasteiger partial charge in [-0.05, 0) is 12.8 Å². The molecule has 248 valence electrons. The number of hydrogen-bond donors (Lipinski definition) is 1. The molecule has 0 aromatic rings. The van der Waals surface area contributed by atoms with E-state index in [0.29, 0.717) is 0 Å². The maximum absolute atomic E-state index is 12.6. The van der Waals surface area contributed by atoms with Crippen LogP contribution in [0.15, 0.2) is 12.2 Å². The zero-order chi connectivity index (χ0) is 30.8. The molecule has 0 aliphatic rings. The van der Waals surface area contributed by atoms with Gasteiger partial charge in [0.25, 0.3) is 0 Å². The summed E-state index contributed by atoms with van der Waals surface area (Å²) in [5.41, 5.74) is 0. The third kappa shape index (κ3) is 31.6. The highest BCUT2D eigenvalue weighted by Crippen LogP contribution is 2.15. The van der Waals surface area contributed by atoms with Crippen LogP contribution in [0.5, 0.6) is 0 Å². The number of carbonyl (C=O) groups excluding carboxylic acids is 1. The Kier molecular flexibility index (Phi) is 33.1. The quantitative estimate of drug-likeness (QED) is 0.0598. The van der Waals surface area contributed by atoms with E-state index in [0.717, 1.165) is 44.8 Å². The van der Waals surface area contributed by atoms with E-state index in [-0.39, 0.29) is 5.91 Å². The molecule has 4 nitrogen and oxygen atoms in total. The van der Waals surface area contributed by atoms with Crippen molar-refractivity contribution in [3.63, 3.8) is 0 Å². The Bertz CT molecular complexity index is 569. The topological polar surface area (TPSA) is 57.6 Å². The SMILES string of the molecule is CCCCCCCCCCCCCCCCCN(CCCCCCCCCCCCCCCCC)C(=O)/C=C/C(=O)O. The van der Waals surface area contributed by atoms with Crippen LogP contribution >= 0.6 is 0 Å². The Morgan fingerprint density at radius 1 is 0.405 bits per heavy atom. The molecule has 0 radical (unpaired) electrons. The lowest BCUT2D eigenvalue weighted by Crippen LogP contribution is -2.31. The lowest BCUT2D eigenvalue weighted by Gasteiger charge is -2.21. The van der Waals surface area contributed by atoms with Crippen molar-refractivity contribution in [3.8, 4) is 0 Å². The second-order valence-corrected chi connectivity index (χ2v) is 12.9. The van der Waals surface area contributed by atoms with Crippen LogP contribution in [0.25, 0.3) is 0 Å². The Morgan fingerprint density at radius 3 is 0.881 bits per heavy atom. The highest BCUT2D eigenvalue weighted by atomic mass is 16.4. The number of amides is 1. The summed E-state index contributed by atoms with van der Waals surface area (Å²) in [6.45, 7) is 6.06. The number of carbonyl (C=O) groups is 2. The average Bonchev–Trinajstić information content (AvgIpc) is 2.98. The first kappa shape index (κ1) is 40.7. The number of carboxylic acids is 1. The van der Waals surface area contributed by atoms with Gasteiger partial charge < -0.3 is 10.0 Å². The second kappa shape index (κ2) is 34.2. The van der Waals surface area contributed by atoms with Crippen molar-refractivity contribution in [2.45, 2.75) is 206 Å². The normalized spacial score (nSPS) is 11.5. The van der Waals surface area contributed by atoms with Crippen LogP contribution in [0, 0.1) is 0 Å². The first-order valence-corrected chi connectivity index (χ1v) is 18.8. The monoisotopic (exact) mass is 592 g/mol. The van der Waals surface area contributed by atoms with Crippen LogP contribution < -0.4 is 0 Å². The highest BCUT2D eigenvalue weighted by Gasteiger charge is 2.10. The van der Waals surface area contributed by atoms with Gasteiger partial charge in [0.1, 0.15) is 0 Å². The predicted octanol–water partition coefficient (Wildman–Crippen LogP) is 12.2. The van der Waals surface area contributed by atoms with E-state index >= 15 is 0 Å². The third-order valence-electron chi connectivity index (χ3n) is 8.74. The first-order valence-electron chi connectivity index (χ1n) is 18.8. The summed E-state index contributed by atoms with van der Waals surface area (Å²) < 4.78 is 0. The van der Waals surface area contributed by atoms with Crippen molar-refractivity contribution in [2.24, 2.45) is 0 Å². The molecule has 0 unspecified atom stereocenters. The van der Waals surface area contributed by atoms with Gasteiger partial charge in [-0.15, -0.1) is 0 Å². The van der Waals surface area contributed by atoms with Crippen LogP contribution in [0.2, 0.25) is 0 Å². The summed E-state index contributed by atoms with van der Waals surface area (Å²) in [5, 5.41) is 8.92. The zero-order valence-corrected chi connectivity index (χ0v) is 28.5. The van der Waals surface area contributed by atoms with Crippen LogP contribution in [-0.4, -0.2) is 35.0 Å². The maximum atomic E-state index is 12.6. The van der Waals surface area contributed by atoms with E-state index in [4.69, 9.17) is 5.11 Å². The Morgan fingerprint density at radius 2 is 0.643 bits per heavy atom. The predicted molar refractivity (Wildman–Crippen MR) is 183 cm³/mol. The molecule has 0 fully saturated rings. The minimum atomic E-state index is -1.05. The van der Waals surface area contributed by atoms with Crippen LogP contribution in [0.3, 0.4) is 0 Å². The number of rotatable bonds is 34. The van der Waals surface area contributed by atoms with Gasteiger partial charge >= 0.3 is 5.97 Å². The molecule has 0 aliphatic carbocycles. The van der Waals surface area contributed by atoms with E-state index in [1.807, 2.05) is 4.90 Å². The molecule has 0 saturated heterocycles. The third-order valence-corrected chi connectivity index (χ3v) is 8.74. The van der Waals surface area contributed by atoms with Gasteiger partial charge in [0.05, 0.1) is 0 Å². The van der Waals surface area contributed by atoms with Crippen molar-refractivity contribution in [1.82, 2.24) is 4.90 Å². The summed E-state index contributed by atoms with van der Waals surface area (Å²) >= 11 is 0. The molecular weight excluding hydrogens is 518 g/mol. The lowest BCUT2D eigenvalue weighted by molar-refractivity contribution is -0.132. The number of hydrogen-bond acceptors (Lipinski definition) is 2. The molecule has 42 heavy (non-hydrogen) atoms. The van der Waals surface area contributed by atoms with Gasteiger partial charge in [0.15, 0.2) is 0 Å². The van der Waals surface area contributed by atoms with E-state index in [1.54, 1.807) is 0 Å². The van der Waals surface area contributed by atoms with Gasteiger partial charge in [-0.2, -0.15) is 0 Å². The van der Waals surface area contributed by atoms with E-state index in [2.05, 4.69) is 13.8 Å². The molecular formula is C38H73NO3. The van der Waals surface area contributed by atoms with Crippen molar-refractivity contribution in [1.29, 1.82) is 0 Å². The summed E-state index contributed by atoms with van der Waals surface area (Å²) in [7, 11) is 0. The smallest absolute Gasteiger partial charge is 0.328 e. The molecule has 4 heteroatoms. The minimum Gasteiger partial charge on any atom is -0.478 e. The van der Waals surface area contributed by atoms with Gasteiger partial charge in [-0.1, -0.05) is 194 Å². The molecule has 0 heterocycles. The molecule has 0 spiro atoms. The number of unbranched alkanes of at least 4 members (excludes halogenated alkanes) is 28. The van der Waals surface area contributed by atoms with Crippen LogP contribution in [0.1, 0.15) is 206 Å². The molecule has 0 aromatic carbocycles. The lowest BCUT2D eigenvalue weighted by atomic mass is 10.0. The number of aliphatic carboxylic acids is 1. The van der Waals surface area contributed by atoms with Crippen molar-refractivity contribution in [2.75, 3.05) is 13.1 Å². The van der Waals surface area contributed by atoms with Crippen LogP contribution in [-0.2, 0) is 9.59 Å². The van der Waals surface area contributed by atoms with Gasteiger partial charge in [0.2, 0.25) is 5.91 Å². The molecule has 1 N–H and O–H groups in total. The van der Waals surface area contributed by atoms with E-state index in [1.165, 1.54) is 173 Å². The van der Waals surface area contributed by atoms with E-state index < -0.39 is 5.97 Å². The molecule has 0 bridgehead atoms. The standard InChI is InChI=1S/C38H73NO3/c1-3-5-7-9-11-13-15-17-19-21-23-25-27-29-31-35-39(37(40)33-34-38(41)42)36-32-30-28-26-24-22-20-18-16-14-12-10-8-6-4-2/h33-34H,3-32,35-36H2,1-2H3,(H,41,42)/b34-33+. The fourth-order valence-corrected chi connectivity index (χ4v) is 5.93. The minimum absolute atomic E-state index is 0.145. The Labute approximate surface area is 262 Å². The summed E-state index contributed by atoms with van der Waals surface area (Å²) in [4.78, 5) is 25.3. The molecule has 1 amide bonds. The molecule has 0 aliphatic heterocycles. The fraction of sp³-hybridized carbons (Fsp3) is 0.895. The largest absolute Gasteiger partial charge is 0.478 e. The maximum Gasteiger partial charge on any atom is 0.328 e. The van der Waals surface area contributed by atoms with Crippen molar-refractivity contribution in [3.05, 3.63) is 12.2 Å². The van der Waals surface area contributed by atoms with Gasteiger partial charge in [-0.25, -0.2) is 4.79 Å². The first-order chi connectivity index (χ1) is 20.6. The zero-order valence-electron chi connectivity index (χ0n) is 28.5. The number of nitrogens with zero attached hydrogens (tertiary/aromatic N) is 1.